The lowest BCUT2D eigenvalue weighted by Gasteiger charge is -2.09. The smallest absolute Gasteiger partial charge is 0.152 e. The number of hydrogen-bond acceptors (Lipinski definition) is 2. The van der Waals surface area contributed by atoms with Gasteiger partial charge in [-0.3, -0.25) is 0 Å². The molecule has 0 unspecified atom stereocenters. The number of hydrogen-bond donors (Lipinski definition) is 1. The van der Waals surface area contributed by atoms with Crippen molar-refractivity contribution in [1.82, 2.24) is 0 Å². The van der Waals surface area contributed by atoms with E-state index in [0.717, 1.165) is 24.5 Å². The summed E-state index contributed by atoms with van der Waals surface area (Å²) in [6.45, 7) is 0.470. The Morgan fingerprint density at radius 3 is 2.73 bits per heavy atom. The number of halogens is 2. The molecule has 1 aliphatic rings. The molecule has 0 heterocycles. The summed E-state index contributed by atoms with van der Waals surface area (Å²) < 4.78 is 31.1. The first kappa shape index (κ1) is 10.2. The lowest BCUT2D eigenvalue weighted by atomic mass is 10.2. The monoisotopic (exact) mass is 213 g/mol. The Labute approximate surface area is 87.0 Å². The van der Waals surface area contributed by atoms with E-state index in [1.807, 2.05) is 0 Å². The Morgan fingerprint density at radius 2 is 2.07 bits per heavy atom. The summed E-state index contributed by atoms with van der Waals surface area (Å²) in [7, 11) is 0. The van der Waals surface area contributed by atoms with Gasteiger partial charge in [-0.05, 0) is 12.3 Å². The van der Waals surface area contributed by atoms with E-state index in [1.165, 1.54) is 12.8 Å². The Bertz CT molecular complexity index is 364. The second-order valence-corrected chi connectivity index (χ2v) is 3.88. The Morgan fingerprint density at radius 1 is 1.33 bits per heavy atom. The van der Waals surface area contributed by atoms with Crippen LogP contribution in [-0.4, -0.2) is 6.61 Å². The fourth-order valence-corrected chi connectivity index (χ4v) is 1.42. The standard InChI is InChI=1S/C11H13F2NO/c12-8-5-9(13)11(14)10(6-8)15-4-3-7-1-2-7/h5-7H,1-4,14H2. The molecule has 1 aromatic rings. The Kier molecular flexibility index (Phi) is 2.75. The summed E-state index contributed by atoms with van der Waals surface area (Å²) in [5.74, 6) is -0.600. The van der Waals surface area contributed by atoms with Crippen LogP contribution in [0.5, 0.6) is 5.75 Å². The maximum absolute atomic E-state index is 13.0. The van der Waals surface area contributed by atoms with Gasteiger partial charge in [-0.25, -0.2) is 8.78 Å². The zero-order chi connectivity index (χ0) is 10.8. The summed E-state index contributed by atoms with van der Waals surface area (Å²) in [6, 6.07) is 1.87. The fraction of sp³-hybridized carbons (Fsp3) is 0.455. The van der Waals surface area contributed by atoms with Gasteiger partial charge >= 0.3 is 0 Å². The average Bonchev–Trinajstić information content (AvgIpc) is 2.97. The molecule has 2 rings (SSSR count). The van der Waals surface area contributed by atoms with Crippen molar-refractivity contribution in [1.29, 1.82) is 0 Å². The minimum absolute atomic E-state index is 0.105. The maximum Gasteiger partial charge on any atom is 0.152 e. The van der Waals surface area contributed by atoms with Gasteiger partial charge in [-0.2, -0.15) is 0 Å². The summed E-state index contributed by atoms with van der Waals surface area (Å²) in [4.78, 5) is 0. The van der Waals surface area contributed by atoms with Crippen molar-refractivity contribution in [2.75, 3.05) is 12.3 Å². The highest BCUT2D eigenvalue weighted by Gasteiger charge is 2.21. The minimum Gasteiger partial charge on any atom is -0.491 e. The molecule has 82 valence electrons. The highest BCUT2D eigenvalue weighted by atomic mass is 19.1. The van der Waals surface area contributed by atoms with Crippen molar-refractivity contribution < 1.29 is 13.5 Å². The fourth-order valence-electron chi connectivity index (χ4n) is 1.42. The molecule has 0 atom stereocenters. The first-order valence-electron chi connectivity index (χ1n) is 5.04. The van der Waals surface area contributed by atoms with E-state index < -0.39 is 11.6 Å². The first-order valence-corrected chi connectivity index (χ1v) is 5.04. The van der Waals surface area contributed by atoms with Crippen LogP contribution in [-0.2, 0) is 0 Å². The lowest BCUT2D eigenvalue weighted by molar-refractivity contribution is 0.301. The van der Waals surface area contributed by atoms with Crippen LogP contribution < -0.4 is 10.5 Å². The molecule has 0 saturated heterocycles. The van der Waals surface area contributed by atoms with Crippen LogP contribution in [0.15, 0.2) is 12.1 Å². The molecule has 0 aliphatic heterocycles. The molecule has 2 nitrogen and oxygen atoms in total. The summed E-state index contributed by atoms with van der Waals surface area (Å²) in [5.41, 5.74) is 5.30. The van der Waals surface area contributed by atoms with Crippen molar-refractivity contribution in [3.8, 4) is 5.75 Å². The SMILES string of the molecule is Nc1c(F)cc(F)cc1OCCC1CC1. The van der Waals surface area contributed by atoms with Gasteiger partial charge in [0.25, 0.3) is 0 Å². The van der Waals surface area contributed by atoms with E-state index in [1.54, 1.807) is 0 Å². The number of rotatable bonds is 4. The summed E-state index contributed by atoms with van der Waals surface area (Å²) >= 11 is 0. The number of nitrogens with two attached hydrogens (primary N) is 1. The first-order chi connectivity index (χ1) is 7.16. The van der Waals surface area contributed by atoms with Gasteiger partial charge in [0.2, 0.25) is 0 Å². The molecule has 1 aliphatic carbocycles. The van der Waals surface area contributed by atoms with Crippen LogP contribution in [0.3, 0.4) is 0 Å². The molecule has 15 heavy (non-hydrogen) atoms. The highest BCUT2D eigenvalue weighted by molar-refractivity contribution is 5.53. The van der Waals surface area contributed by atoms with Gasteiger partial charge in [0.05, 0.1) is 6.61 Å². The Balaban J connectivity index is 1.98. The second kappa shape index (κ2) is 4.04. The topological polar surface area (TPSA) is 35.2 Å². The van der Waals surface area contributed by atoms with Gasteiger partial charge in [0.1, 0.15) is 17.3 Å². The van der Waals surface area contributed by atoms with E-state index in [9.17, 15) is 8.78 Å². The predicted octanol–water partition coefficient (Wildman–Crippen LogP) is 2.73. The zero-order valence-electron chi connectivity index (χ0n) is 8.30. The van der Waals surface area contributed by atoms with Crippen molar-refractivity contribution >= 4 is 5.69 Å². The van der Waals surface area contributed by atoms with Crippen LogP contribution in [0.2, 0.25) is 0 Å². The molecule has 0 spiro atoms. The quantitative estimate of drug-likeness (QED) is 0.780. The van der Waals surface area contributed by atoms with Gasteiger partial charge in [-0.15, -0.1) is 0 Å². The Hall–Kier alpha value is -1.32. The van der Waals surface area contributed by atoms with Crippen LogP contribution in [0, 0.1) is 17.6 Å². The third-order valence-corrected chi connectivity index (χ3v) is 2.54. The van der Waals surface area contributed by atoms with Crippen molar-refractivity contribution in [2.24, 2.45) is 5.92 Å². The van der Waals surface area contributed by atoms with Crippen LogP contribution in [0.1, 0.15) is 19.3 Å². The van der Waals surface area contributed by atoms with Crippen LogP contribution >= 0.6 is 0 Å². The molecular weight excluding hydrogens is 200 g/mol. The number of ether oxygens (including phenoxy) is 1. The molecule has 1 aromatic carbocycles. The third kappa shape index (κ3) is 2.58. The zero-order valence-corrected chi connectivity index (χ0v) is 8.30. The molecule has 0 aromatic heterocycles. The summed E-state index contributed by atoms with van der Waals surface area (Å²) in [5, 5.41) is 0. The second-order valence-electron chi connectivity index (χ2n) is 3.88. The van der Waals surface area contributed by atoms with E-state index in [0.29, 0.717) is 6.61 Å². The van der Waals surface area contributed by atoms with E-state index in [4.69, 9.17) is 10.5 Å². The number of benzene rings is 1. The van der Waals surface area contributed by atoms with Crippen LogP contribution in [0.25, 0.3) is 0 Å². The maximum atomic E-state index is 13.0. The molecule has 1 fully saturated rings. The molecule has 2 N–H and O–H groups in total. The van der Waals surface area contributed by atoms with E-state index >= 15 is 0 Å². The predicted molar refractivity (Wildman–Crippen MR) is 53.6 cm³/mol. The van der Waals surface area contributed by atoms with Crippen LogP contribution in [0.4, 0.5) is 14.5 Å². The van der Waals surface area contributed by atoms with Gasteiger partial charge < -0.3 is 10.5 Å². The van der Waals surface area contributed by atoms with E-state index in [-0.39, 0.29) is 11.4 Å². The van der Waals surface area contributed by atoms with Gasteiger partial charge in [0.15, 0.2) is 5.82 Å². The molecule has 0 radical (unpaired) electrons. The van der Waals surface area contributed by atoms with E-state index in [2.05, 4.69) is 0 Å². The molecule has 4 heteroatoms. The largest absolute Gasteiger partial charge is 0.491 e. The minimum atomic E-state index is -0.767. The highest BCUT2D eigenvalue weighted by Crippen LogP contribution is 2.33. The summed E-state index contributed by atoms with van der Waals surface area (Å²) in [6.07, 6.45) is 3.39. The van der Waals surface area contributed by atoms with Crippen molar-refractivity contribution in [3.05, 3.63) is 23.8 Å². The third-order valence-electron chi connectivity index (χ3n) is 2.54. The average molecular weight is 213 g/mol. The molecule has 0 bridgehead atoms. The van der Waals surface area contributed by atoms with Gasteiger partial charge in [0, 0.05) is 12.1 Å². The molecule has 0 amide bonds. The normalized spacial score (nSPS) is 15.3. The number of anilines is 1. The van der Waals surface area contributed by atoms with Gasteiger partial charge in [-0.1, -0.05) is 12.8 Å². The van der Waals surface area contributed by atoms with Crippen molar-refractivity contribution in [3.63, 3.8) is 0 Å². The molecular formula is C11H13F2NO. The number of nitrogen functional groups attached to an aromatic ring is 1. The van der Waals surface area contributed by atoms with Crippen molar-refractivity contribution in [2.45, 2.75) is 19.3 Å². The molecule has 1 saturated carbocycles. The lowest BCUT2D eigenvalue weighted by Crippen LogP contribution is -2.03.